The molecule has 1 saturated heterocycles. The van der Waals surface area contributed by atoms with Crippen LogP contribution < -0.4 is 10.2 Å². The lowest BCUT2D eigenvalue weighted by atomic mass is 10.3. The number of aromatic nitrogens is 1. The van der Waals surface area contributed by atoms with E-state index in [0.29, 0.717) is 5.56 Å². The standard InChI is InChI=1S/C13H19N5/c1-17(8-9-18-6-4-15-5-7-18)13-10-12(11-14)2-3-16-13/h2-3,10,15H,4-9H2,1H3. The van der Waals surface area contributed by atoms with E-state index in [2.05, 4.69) is 26.2 Å². The third kappa shape index (κ3) is 3.42. The van der Waals surface area contributed by atoms with E-state index in [-0.39, 0.29) is 0 Å². The van der Waals surface area contributed by atoms with Gasteiger partial charge in [0.15, 0.2) is 0 Å². The van der Waals surface area contributed by atoms with Crippen LogP contribution in [-0.4, -0.2) is 56.2 Å². The van der Waals surface area contributed by atoms with Gasteiger partial charge in [-0.25, -0.2) is 4.98 Å². The Hall–Kier alpha value is -1.64. The van der Waals surface area contributed by atoms with Crippen LogP contribution in [0.25, 0.3) is 0 Å². The number of hydrogen-bond donors (Lipinski definition) is 1. The quantitative estimate of drug-likeness (QED) is 0.826. The maximum Gasteiger partial charge on any atom is 0.129 e. The molecule has 2 rings (SSSR count). The van der Waals surface area contributed by atoms with E-state index in [9.17, 15) is 0 Å². The Morgan fingerprint density at radius 1 is 1.50 bits per heavy atom. The second kappa shape index (κ2) is 6.34. The number of nitriles is 1. The van der Waals surface area contributed by atoms with Gasteiger partial charge in [0.1, 0.15) is 5.82 Å². The number of hydrogen-bond acceptors (Lipinski definition) is 5. The summed E-state index contributed by atoms with van der Waals surface area (Å²) in [5.41, 5.74) is 0.661. The number of pyridine rings is 1. The Balaban J connectivity index is 1.86. The van der Waals surface area contributed by atoms with Crippen molar-refractivity contribution >= 4 is 5.82 Å². The van der Waals surface area contributed by atoms with Crippen LogP contribution in [0.3, 0.4) is 0 Å². The van der Waals surface area contributed by atoms with Crippen molar-refractivity contribution in [3.8, 4) is 6.07 Å². The second-order valence-electron chi connectivity index (χ2n) is 4.53. The molecule has 1 aromatic rings. The molecule has 0 aliphatic carbocycles. The number of rotatable bonds is 4. The molecule has 0 saturated carbocycles. The van der Waals surface area contributed by atoms with Gasteiger partial charge in [-0.2, -0.15) is 5.26 Å². The van der Waals surface area contributed by atoms with Crippen molar-refractivity contribution in [2.45, 2.75) is 0 Å². The zero-order valence-electron chi connectivity index (χ0n) is 10.8. The molecule has 2 heterocycles. The number of anilines is 1. The average Bonchev–Trinajstić information content (AvgIpc) is 2.46. The van der Waals surface area contributed by atoms with Crippen LogP contribution in [-0.2, 0) is 0 Å². The van der Waals surface area contributed by atoms with Gasteiger partial charge in [0.05, 0.1) is 11.6 Å². The number of likely N-dealkylation sites (N-methyl/N-ethyl adjacent to an activating group) is 1. The van der Waals surface area contributed by atoms with Crippen molar-refractivity contribution in [2.75, 3.05) is 51.2 Å². The second-order valence-corrected chi connectivity index (χ2v) is 4.53. The summed E-state index contributed by atoms with van der Waals surface area (Å²) < 4.78 is 0. The van der Waals surface area contributed by atoms with E-state index in [4.69, 9.17) is 5.26 Å². The first-order valence-corrected chi connectivity index (χ1v) is 6.30. The molecule has 1 aromatic heterocycles. The monoisotopic (exact) mass is 245 g/mol. The fourth-order valence-corrected chi connectivity index (χ4v) is 2.04. The van der Waals surface area contributed by atoms with Gasteiger partial charge in [-0.05, 0) is 12.1 Å². The van der Waals surface area contributed by atoms with Gasteiger partial charge in [-0.1, -0.05) is 0 Å². The van der Waals surface area contributed by atoms with Crippen LogP contribution in [0.4, 0.5) is 5.82 Å². The van der Waals surface area contributed by atoms with Crippen LogP contribution in [0.1, 0.15) is 5.56 Å². The van der Waals surface area contributed by atoms with Crippen LogP contribution in [0.5, 0.6) is 0 Å². The highest BCUT2D eigenvalue weighted by Gasteiger charge is 2.10. The molecule has 5 heteroatoms. The number of nitrogens with one attached hydrogen (secondary N) is 1. The summed E-state index contributed by atoms with van der Waals surface area (Å²) in [4.78, 5) is 8.84. The number of nitrogens with zero attached hydrogens (tertiary/aromatic N) is 4. The summed E-state index contributed by atoms with van der Waals surface area (Å²) in [6.07, 6.45) is 1.69. The largest absolute Gasteiger partial charge is 0.358 e. The van der Waals surface area contributed by atoms with Gasteiger partial charge in [0, 0.05) is 52.5 Å². The van der Waals surface area contributed by atoms with Crippen molar-refractivity contribution in [1.29, 1.82) is 5.26 Å². The van der Waals surface area contributed by atoms with E-state index in [1.165, 1.54) is 0 Å². The molecular formula is C13H19N5. The molecule has 0 aromatic carbocycles. The van der Waals surface area contributed by atoms with Crippen molar-refractivity contribution in [3.05, 3.63) is 23.9 Å². The lowest BCUT2D eigenvalue weighted by Crippen LogP contribution is -2.46. The summed E-state index contributed by atoms with van der Waals surface area (Å²) in [5.74, 6) is 0.865. The molecule has 5 nitrogen and oxygen atoms in total. The molecule has 18 heavy (non-hydrogen) atoms. The van der Waals surface area contributed by atoms with E-state index >= 15 is 0 Å². The third-order valence-electron chi connectivity index (χ3n) is 3.23. The predicted octanol–water partition coefficient (Wildman–Crippen LogP) is 0.295. The van der Waals surface area contributed by atoms with Crippen LogP contribution in [0.2, 0.25) is 0 Å². The molecule has 96 valence electrons. The molecule has 1 aliphatic heterocycles. The SMILES string of the molecule is CN(CCN1CCNCC1)c1cc(C#N)ccn1. The Morgan fingerprint density at radius 3 is 3.00 bits per heavy atom. The zero-order valence-corrected chi connectivity index (χ0v) is 10.8. The highest BCUT2D eigenvalue weighted by Crippen LogP contribution is 2.10. The molecule has 0 atom stereocenters. The molecule has 1 aliphatic rings. The van der Waals surface area contributed by atoms with Crippen LogP contribution in [0, 0.1) is 11.3 Å². The van der Waals surface area contributed by atoms with E-state index < -0.39 is 0 Å². The smallest absolute Gasteiger partial charge is 0.129 e. The molecule has 0 unspecified atom stereocenters. The summed E-state index contributed by atoms with van der Waals surface area (Å²) in [6.45, 7) is 6.34. The van der Waals surface area contributed by atoms with Crippen LogP contribution in [0.15, 0.2) is 18.3 Å². The van der Waals surface area contributed by atoms with Crippen LogP contribution >= 0.6 is 0 Å². The Bertz CT molecular complexity index is 420. The van der Waals surface area contributed by atoms with Gasteiger partial charge >= 0.3 is 0 Å². The van der Waals surface area contributed by atoms with Crippen molar-refractivity contribution < 1.29 is 0 Å². The van der Waals surface area contributed by atoms with E-state index in [1.54, 1.807) is 12.3 Å². The van der Waals surface area contributed by atoms with E-state index in [1.807, 2.05) is 13.1 Å². The molecule has 0 amide bonds. The van der Waals surface area contributed by atoms with Gasteiger partial charge in [-0.15, -0.1) is 0 Å². The Kier molecular flexibility index (Phi) is 4.51. The third-order valence-corrected chi connectivity index (χ3v) is 3.23. The molecule has 1 N–H and O–H groups in total. The predicted molar refractivity (Wildman–Crippen MR) is 71.5 cm³/mol. The van der Waals surface area contributed by atoms with Gasteiger partial charge < -0.3 is 10.2 Å². The molecule has 0 radical (unpaired) electrons. The minimum Gasteiger partial charge on any atom is -0.358 e. The Labute approximate surface area is 108 Å². The van der Waals surface area contributed by atoms with Gasteiger partial charge in [0.25, 0.3) is 0 Å². The summed E-state index contributed by atoms with van der Waals surface area (Å²) in [5, 5.41) is 12.2. The maximum atomic E-state index is 8.87. The molecule has 1 fully saturated rings. The van der Waals surface area contributed by atoms with Gasteiger partial charge in [0.2, 0.25) is 0 Å². The highest BCUT2D eigenvalue weighted by atomic mass is 15.2. The maximum absolute atomic E-state index is 8.87. The fraction of sp³-hybridized carbons (Fsp3) is 0.538. The summed E-state index contributed by atoms with van der Waals surface area (Å²) in [7, 11) is 2.02. The van der Waals surface area contributed by atoms with Crippen molar-refractivity contribution in [1.82, 2.24) is 15.2 Å². The fourth-order valence-electron chi connectivity index (χ4n) is 2.04. The average molecular weight is 245 g/mol. The minimum atomic E-state index is 0.661. The van der Waals surface area contributed by atoms with E-state index in [0.717, 1.165) is 45.1 Å². The minimum absolute atomic E-state index is 0.661. The first-order valence-electron chi connectivity index (χ1n) is 6.30. The van der Waals surface area contributed by atoms with Crippen molar-refractivity contribution in [3.63, 3.8) is 0 Å². The lowest BCUT2D eigenvalue weighted by Gasteiger charge is -2.29. The first-order chi connectivity index (χ1) is 8.79. The first kappa shape index (κ1) is 12.8. The molecular weight excluding hydrogens is 226 g/mol. The topological polar surface area (TPSA) is 55.2 Å². The summed E-state index contributed by atoms with van der Waals surface area (Å²) >= 11 is 0. The zero-order chi connectivity index (χ0) is 12.8. The van der Waals surface area contributed by atoms with Gasteiger partial charge in [-0.3, -0.25) is 4.90 Å². The summed E-state index contributed by atoms with van der Waals surface area (Å²) in [6, 6.07) is 5.70. The molecule has 0 bridgehead atoms. The normalized spacial score (nSPS) is 16.2. The molecule has 0 spiro atoms. The lowest BCUT2D eigenvalue weighted by molar-refractivity contribution is 0.246. The van der Waals surface area contributed by atoms with Crippen molar-refractivity contribution in [2.24, 2.45) is 0 Å². The number of piperazine rings is 1. The highest BCUT2D eigenvalue weighted by molar-refractivity contribution is 5.44. The Morgan fingerprint density at radius 2 is 2.28 bits per heavy atom.